The molecule has 1 amide bonds. The van der Waals surface area contributed by atoms with Crippen LogP contribution < -0.4 is 5.32 Å². The lowest BCUT2D eigenvalue weighted by molar-refractivity contribution is -0.117. The average Bonchev–Trinajstić information content (AvgIpc) is 2.31. The van der Waals surface area contributed by atoms with E-state index in [9.17, 15) is 4.79 Å². The van der Waals surface area contributed by atoms with Crippen molar-refractivity contribution in [2.45, 2.75) is 31.5 Å². The van der Waals surface area contributed by atoms with E-state index in [1.807, 2.05) is 6.92 Å². The van der Waals surface area contributed by atoms with Crippen LogP contribution in [0.3, 0.4) is 0 Å². The molecule has 1 saturated heterocycles. The maximum absolute atomic E-state index is 10.7. The van der Waals surface area contributed by atoms with E-state index in [1.54, 1.807) is 0 Å². The highest BCUT2D eigenvalue weighted by Gasteiger charge is 2.51. The highest BCUT2D eigenvalue weighted by molar-refractivity contribution is 5.70. The molecule has 0 aromatic carbocycles. The van der Waals surface area contributed by atoms with Crippen molar-refractivity contribution in [1.82, 2.24) is 5.32 Å². The Morgan fingerprint density at radius 2 is 2.50 bits per heavy atom. The maximum atomic E-state index is 10.7. The molecular weight excluding hydrogens is 158 g/mol. The molecule has 1 heterocycles. The summed E-state index contributed by atoms with van der Waals surface area (Å²) >= 11 is 0. The summed E-state index contributed by atoms with van der Waals surface area (Å²) in [7, 11) is 0. The van der Waals surface area contributed by atoms with Gasteiger partial charge in [-0.1, -0.05) is 0 Å². The number of hydrogen-bond donors (Lipinski definition) is 1. The van der Waals surface area contributed by atoms with E-state index in [4.69, 9.17) is 9.47 Å². The fourth-order valence-corrected chi connectivity index (χ4v) is 1.85. The molecule has 2 fully saturated rings. The minimum atomic E-state index is -0.287. The van der Waals surface area contributed by atoms with Gasteiger partial charge in [0.2, 0.25) is 0 Å². The van der Waals surface area contributed by atoms with Gasteiger partial charge in [0.1, 0.15) is 5.60 Å². The summed E-state index contributed by atoms with van der Waals surface area (Å²) in [4.78, 5) is 10.7. The van der Waals surface area contributed by atoms with Crippen LogP contribution >= 0.6 is 0 Å². The molecule has 1 N–H and O–H groups in total. The van der Waals surface area contributed by atoms with Crippen molar-refractivity contribution in [2.24, 2.45) is 0 Å². The molecule has 12 heavy (non-hydrogen) atoms. The SMILES string of the molecule is CCOC1CC2(CNC(=O)O2)C1. The fourth-order valence-electron chi connectivity index (χ4n) is 1.85. The molecule has 1 saturated carbocycles. The maximum Gasteiger partial charge on any atom is 0.407 e. The number of hydrogen-bond acceptors (Lipinski definition) is 3. The Labute approximate surface area is 71.2 Å². The number of carbonyl (C=O) groups excluding carboxylic acids is 1. The van der Waals surface area contributed by atoms with Gasteiger partial charge in [-0.05, 0) is 6.92 Å². The third kappa shape index (κ3) is 1.16. The molecule has 1 spiro atoms. The quantitative estimate of drug-likeness (QED) is 0.664. The zero-order valence-corrected chi connectivity index (χ0v) is 7.13. The van der Waals surface area contributed by atoms with Gasteiger partial charge in [0.05, 0.1) is 12.6 Å². The van der Waals surface area contributed by atoms with Crippen LogP contribution in [0.2, 0.25) is 0 Å². The normalized spacial score (nSPS) is 39.1. The van der Waals surface area contributed by atoms with Crippen LogP contribution in [0.5, 0.6) is 0 Å². The first-order chi connectivity index (χ1) is 5.74. The van der Waals surface area contributed by atoms with Crippen LogP contribution in [0, 0.1) is 0 Å². The van der Waals surface area contributed by atoms with Crippen molar-refractivity contribution in [2.75, 3.05) is 13.2 Å². The molecule has 2 aliphatic rings. The van der Waals surface area contributed by atoms with E-state index < -0.39 is 0 Å². The lowest BCUT2D eigenvalue weighted by Crippen LogP contribution is -2.51. The second-order valence-corrected chi connectivity index (χ2v) is 3.41. The van der Waals surface area contributed by atoms with Crippen LogP contribution in [0.4, 0.5) is 4.79 Å². The van der Waals surface area contributed by atoms with E-state index in [-0.39, 0.29) is 11.7 Å². The Hall–Kier alpha value is -0.770. The van der Waals surface area contributed by atoms with Gasteiger partial charge in [-0.25, -0.2) is 4.79 Å². The van der Waals surface area contributed by atoms with Crippen LogP contribution in [-0.2, 0) is 9.47 Å². The Balaban J connectivity index is 1.83. The van der Waals surface area contributed by atoms with Gasteiger partial charge < -0.3 is 14.8 Å². The first-order valence-electron chi connectivity index (χ1n) is 4.32. The molecule has 4 nitrogen and oxygen atoms in total. The average molecular weight is 171 g/mol. The Bertz CT molecular complexity index is 198. The lowest BCUT2D eigenvalue weighted by Gasteiger charge is -2.41. The molecule has 68 valence electrons. The van der Waals surface area contributed by atoms with Gasteiger partial charge >= 0.3 is 6.09 Å². The third-order valence-corrected chi connectivity index (χ3v) is 2.47. The summed E-state index contributed by atoms with van der Waals surface area (Å²) in [6.07, 6.45) is 1.70. The van der Waals surface area contributed by atoms with Crippen molar-refractivity contribution in [1.29, 1.82) is 0 Å². The Morgan fingerprint density at radius 1 is 1.75 bits per heavy atom. The molecule has 0 unspecified atom stereocenters. The summed E-state index contributed by atoms with van der Waals surface area (Å²) in [6.45, 7) is 3.36. The van der Waals surface area contributed by atoms with Gasteiger partial charge in [0.15, 0.2) is 0 Å². The first-order valence-corrected chi connectivity index (χ1v) is 4.32. The molecule has 2 rings (SSSR count). The summed E-state index contributed by atoms with van der Waals surface area (Å²) in [5, 5.41) is 2.66. The summed E-state index contributed by atoms with van der Waals surface area (Å²) < 4.78 is 10.5. The van der Waals surface area contributed by atoms with Gasteiger partial charge in [-0.2, -0.15) is 0 Å². The van der Waals surface area contributed by atoms with E-state index in [2.05, 4.69) is 5.32 Å². The van der Waals surface area contributed by atoms with E-state index >= 15 is 0 Å². The molecule has 1 aliphatic carbocycles. The molecule has 0 aromatic heterocycles. The number of ether oxygens (including phenoxy) is 2. The monoisotopic (exact) mass is 171 g/mol. The van der Waals surface area contributed by atoms with E-state index in [0.717, 1.165) is 19.4 Å². The number of rotatable bonds is 2. The van der Waals surface area contributed by atoms with Gasteiger partial charge in [0.25, 0.3) is 0 Å². The Kier molecular flexibility index (Phi) is 1.72. The van der Waals surface area contributed by atoms with Crippen molar-refractivity contribution in [3.8, 4) is 0 Å². The smallest absolute Gasteiger partial charge is 0.407 e. The van der Waals surface area contributed by atoms with E-state index in [0.29, 0.717) is 12.6 Å². The zero-order valence-electron chi connectivity index (χ0n) is 7.13. The van der Waals surface area contributed by atoms with E-state index in [1.165, 1.54) is 0 Å². The summed E-state index contributed by atoms with van der Waals surface area (Å²) in [6, 6.07) is 0. The topological polar surface area (TPSA) is 47.6 Å². The van der Waals surface area contributed by atoms with Crippen molar-refractivity contribution in [3.05, 3.63) is 0 Å². The molecule has 4 heteroatoms. The zero-order chi connectivity index (χ0) is 8.60. The summed E-state index contributed by atoms with van der Waals surface area (Å²) in [5.41, 5.74) is -0.225. The first kappa shape index (κ1) is 7.86. The molecule has 1 aliphatic heterocycles. The highest BCUT2D eigenvalue weighted by atomic mass is 16.6. The lowest BCUT2D eigenvalue weighted by atomic mass is 9.77. The highest BCUT2D eigenvalue weighted by Crippen LogP contribution is 2.39. The van der Waals surface area contributed by atoms with Gasteiger partial charge in [-0.15, -0.1) is 0 Å². The minimum absolute atomic E-state index is 0.225. The molecule has 0 bridgehead atoms. The van der Waals surface area contributed by atoms with Crippen molar-refractivity contribution in [3.63, 3.8) is 0 Å². The van der Waals surface area contributed by atoms with Crippen LogP contribution in [0.25, 0.3) is 0 Å². The standard InChI is InChI=1S/C8H13NO3/c1-2-11-6-3-8(4-6)5-9-7(10)12-8/h6H,2-5H2,1H3,(H,9,10). The van der Waals surface area contributed by atoms with Gasteiger partial charge in [-0.3, -0.25) is 0 Å². The second kappa shape index (κ2) is 2.62. The van der Waals surface area contributed by atoms with Crippen LogP contribution in [-0.4, -0.2) is 30.9 Å². The fraction of sp³-hybridized carbons (Fsp3) is 0.875. The van der Waals surface area contributed by atoms with Crippen LogP contribution in [0.15, 0.2) is 0 Å². The Morgan fingerprint density at radius 3 is 3.00 bits per heavy atom. The summed E-state index contributed by atoms with van der Waals surface area (Å²) in [5.74, 6) is 0. The number of nitrogens with one attached hydrogen (secondary N) is 1. The number of carbonyl (C=O) groups is 1. The molecular formula is C8H13NO3. The molecule has 0 aromatic rings. The van der Waals surface area contributed by atoms with Crippen molar-refractivity contribution < 1.29 is 14.3 Å². The molecule has 0 atom stereocenters. The predicted molar refractivity (Wildman–Crippen MR) is 41.9 cm³/mol. The van der Waals surface area contributed by atoms with Crippen molar-refractivity contribution >= 4 is 6.09 Å². The number of amides is 1. The van der Waals surface area contributed by atoms with Crippen LogP contribution in [0.1, 0.15) is 19.8 Å². The largest absolute Gasteiger partial charge is 0.441 e. The minimum Gasteiger partial charge on any atom is -0.441 e. The third-order valence-electron chi connectivity index (χ3n) is 2.47. The second-order valence-electron chi connectivity index (χ2n) is 3.41. The number of alkyl carbamates (subject to hydrolysis) is 1. The predicted octanol–water partition coefficient (Wildman–Crippen LogP) is 0.664. The molecule has 0 radical (unpaired) electrons. The van der Waals surface area contributed by atoms with Gasteiger partial charge in [0, 0.05) is 19.4 Å².